The fourth-order valence-electron chi connectivity index (χ4n) is 3.26. The molecule has 1 atom stereocenters. The molecule has 0 spiro atoms. The average molecular weight is 244 g/mol. The lowest BCUT2D eigenvalue weighted by molar-refractivity contribution is 0.773. The third-order valence-corrected chi connectivity index (χ3v) is 4.31. The molecule has 4 rings (SSSR count). The van der Waals surface area contributed by atoms with Crippen molar-refractivity contribution in [1.29, 1.82) is 0 Å². The van der Waals surface area contributed by atoms with E-state index >= 15 is 0 Å². The van der Waals surface area contributed by atoms with Gasteiger partial charge in [-0.15, -0.1) is 0 Å². The lowest BCUT2D eigenvalue weighted by Gasteiger charge is -2.20. The summed E-state index contributed by atoms with van der Waals surface area (Å²) in [5, 5.41) is 5.44. The van der Waals surface area contributed by atoms with Crippen LogP contribution in [0.25, 0.3) is 27.6 Å². The number of hydrogen-bond acceptors (Lipinski definition) is 0. The zero-order chi connectivity index (χ0) is 12.8. The summed E-state index contributed by atoms with van der Waals surface area (Å²) in [5.41, 5.74) is 2.91. The monoisotopic (exact) mass is 244 g/mol. The Bertz CT molecular complexity index is 809. The van der Waals surface area contributed by atoms with E-state index in [2.05, 4.69) is 67.6 Å². The SMILES string of the molecule is CC1CC=Cc2c1ccc1c2ccc2ccccc21. The number of rotatable bonds is 0. The van der Waals surface area contributed by atoms with Gasteiger partial charge in [-0.25, -0.2) is 0 Å². The van der Waals surface area contributed by atoms with Crippen LogP contribution in [0.4, 0.5) is 0 Å². The molecule has 0 nitrogen and oxygen atoms in total. The maximum atomic E-state index is 2.32. The standard InChI is InChI=1S/C19H16/c1-13-5-4-8-17-15(13)11-12-18-16-7-3-2-6-14(16)9-10-19(17)18/h2-4,6-13H,5H2,1H3. The Balaban J connectivity index is 2.17. The summed E-state index contributed by atoms with van der Waals surface area (Å²) in [5.74, 6) is 0.635. The van der Waals surface area contributed by atoms with Crippen LogP contribution in [0, 0.1) is 0 Å². The van der Waals surface area contributed by atoms with Crippen molar-refractivity contribution in [1.82, 2.24) is 0 Å². The summed E-state index contributed by atoms with van der Waals surface area (Å²) < 4.78 is 0. The second-order valence-electron chi connectivity index (χ2n) is 5.49. The lowest BCUT2D eigenvalue weighted by Crippen LogP contribution is -2.00. The Morgan fingerprint density at radius 3 is 2.63 bits per heavy atom. The van der Waals surface area contributed by atoms with E-state index < -0.39 is 0 Å². The Morgan fingerprint density at radius 1 is 0.842 bits per heavy atom. The van der Waals surface area contributed by atoms with Crippen LogP contribution >= 0.6 is 0 Å². The molecule has 0 amide bonds. The van der Waals surface area contributed by atoms with Crippen LogP contribution < -0.4 is 0 Å². The van der Waals surface area contributed by atoms with Crippen molar-refractivity contribution in [2.45, 2.75) is 19.3 Å². The molecule has 0 heterocycles. The Hall–Kier alpha value is -2.08. The molecule has 3 aromatic rings. The number of benzene rings is 3. The molecule has 0 aromatic heterocycles. The molecule has 0 bridgehead atoms. The van der Waals surface area contributed by atoms with Crippen LogP contribution in [0.2, 0.25) is 0 Å². The average Bonchev–Trinajstić information content (AvgIpc) is 2.47. The largest absolute Gasteiger partial charge is 0.0833 e. The summed E-state index contributed by atoms with van der Waals surface area (Å²) in [4.78, 5) is 0. The molecule has 0 saturated carbocycles. The van der Waals surface area contributed by atoms with Gasteiger partial charge in [-0.05, 0) is 45.0 Å². The molecule has 0 radical (unpaired) electrons. The van der Waals surface area contributed by atoms with Crippen LogP contribution in [0.5, 0.6) is 0 Å². The predicted octanol–water partition coefficient (Wildman–Crippen LogP) is 5.51. The highest BCUT2D eigenvalue weighted by atomic mass is 14.2. The van der Waals surface area contributed by atoms with Crippen LogP contribution in [0.15, 0.2) is 54.6 Å². The van der Waals surface area contributed by atoms with E-state index in [0.29, 0.717) is 5.92 Å². The molecule has 0 heteroatoms. The molecule has 1 aliphatic rings. The number of fused-ring (bicyclic) bond motifs is 5. The number of hydrogen-bond donors (Lipinski definition) is 0. The van der Waals surface area contributed by atoms with Gasteiger partial charge < -0.3 is 0 Å². The van der Waals surface area contributed by atoms with Gasteiger partial charge in [0.1, 0.15) is 0 Å². The fourth-order valence-corrected chi connectivity index (χ4v) is 3.26. The molecule has 3 aromatic carbocycles. The summed E-state index contributed by atoms with van der Waals surface area (Å²) in [6.07, 6.45) is 5.76. The maximum absolute atomic E-state index is 2.32. The van der Waals surface area contributed by atoms with Crippen LogP contribution in [-0.4, -0.2) is 0 Å². The van der Waals surface area contributed by atoms with E-state index in [1.54, 1.807) is 0 Å². The highest BCUT2D eigenvalue weighted by molar-refractivity contribution is 6.10. The zero-order valence-corrected chi connectivity index (χ0v) is 11.1. The Labute approximate surface area is 113 Å². The van der Waals surface area contributed by atoms with E-state index in [4.69, 9.17) is 0 Å². The van der Waals surface area contributed by atoms with Gasteiger partial charge in [0.15, 0.2) is 0 Å². The molecule has 1 aliphatic carbocycles. The predicted molar refractivity (Wildman–Crippen MR) is 83.5 cm³/mol. The lowest BCUT2D eigenvalue weighted by atomic mass is 9.85. The van der Waals surface area contributed by atoms with Crippen LogP contribution in [-0.2, 0) is 0 Å². The first-order valence-corrected chi connectivity index (χ1v) is 6.95. The first kappa shape index (κ1) is 10.8. The smallest absolute Gasteiger partial charge is 0.00992 e. The third kappa shape index (κ3) is 1.53. The summed E-state index contributed by atoms with van der Waals surface area (Å²) in [6, 6.07) is 17.8. The van der Waals surface area contributed by atoms with Gasteiger partial charge in [0.05, 0.1) is 0 Å². The minimum absolute atomic E-state index is 0.635. The summed E-state index contributed by atoms with van der Waals surface area (Å²) in [6.45, 7) is 2.31. The van der Waals surface area contributed by atoms with Crippen molar-refractivity contribution in [3.63, 3.8) is 0 Å². The van der Waals surface area contributed by atoms with E-state index in [1.165, 1.54) is 32.7 Å². The van der Waals surface area contributed by atoms with Crippen molar-refractivity contribution in [3.05, 3.63) is 65.7 Å². The van der Waals surface area contributed by atoms with E-state index in [9.17, 15) is 0 Å². The van der Waals surface area contributed by atoms with Crippen molar-refractivity contribution < 1.29 is 0 Å². The first-order valence-electron chi connectivity index (χ1n) is 6.95. The van der Waals surface area contributed by atoms with Gasteiger partial charge >= 0.3 is 0 Å². The van der Waals surface area contributed by atoms with Crippen molar-refractivity contribution >= 4 is 27.6 Å². The van der Waals surface area contributed by atoms with Crippen LogP contribution in [0.3, 0.4) is 0 Å². The van der Waals surface area contributed by atoms with Crippen molar-refractivity contribution in [2.24, 2.45) is 0 Å². The van der Waals surface area contributed by atoms with Gasteiger partial charge in [0, 0.05) is 0 Å². The van der Waals surface area contributed by atoms with Crippen molar-refractivity contribution in [2.75, 3.05) is 0 Å². The molecule has 0 aliphatic heterocycles. The molecular weight excluding hydrogens is 228 g/mol. The topological polar surface area (TPSA) is 0 Å². The van der Waals surface area contributed by atoms with Gasteiger partial charge in [-0.3, -0.25) is 0 Å². The molecule has 92 valence electrons. The maximum Gasteiger partial charge on any atom is -0.00992 e. The minimum atomic E-state index is 0.635. The minimum Gasteiger partial charge on any atom is -0.0833 e. The van der Waals surface area contributed by atoms with E-state index in [-0.39, 0.29) is 0 Å². The molecule has 19 heavy (non-hydrogen) atoms. The van der Waals surface area contributed by atoms with Gasteiger partial charge in [0.2, 0.25) is 0 Å². The molecule has 1 unspecified atom stereocenters. The van der Waals surface area contributed by atoms with Crippen molar-refractivity contribution in [3.8, 4) is 0 Å². The van der Waals surface area contributed by atoms with E-state index in [1.807, 2.05) is 0 Å². The third-order valence-electron chi connectivity index (χ3n) is 4.31. The van der Waals surface area contributed by atoms with Gasteiger partial charge in [-0.1, -0.05) is 67.6 Å². The Morgan fingerprint density at radius 2 is 1.68 bits per heavy atom. The highest BCUT2D eigenvalue weighted by Crippen LogP contribution is 2.36. The molecule has 0 saturated heterocycles. The first-order chi connectivity index (χ1) is 9.34. The summed E-state index contributed by atoms with van der Waals surface area (Å²) >= 11 is 0. The van der Waals surface area contributed by atoms with Gasteiger partial charge in [0.25, 0.3) is 0 Å². The molecule has 0 N–H and O–H groups in total. The molecule has 0 fully saturated rings. The van der Waals surface area contributed by atoms with Crippen LogP contribution in [0.1, 0.15) is 30.4 Å². The molecular formula is C19H16. The zero-order valence-electron chi connectivity index (χ0n) is 11.1. The quantitative estimate of drug-likeness (QED) is 0.457. The Kier molecular flexibility index (Phi) is 2.25. The van der Waals surface area contributed by atoms with E-state index in [0.717, 1.165) is 6.42 Å². The van der Waals surface area contributed by atoms with Gasteiger partial charge in [-0.2, -0.15) is 0 Å². The second-order valence-corrected chi connectivity index (χ2v) is 5.49. The number of allylic oxidation sites excluding steroid dienone is 1. The fraction of sp³-hybridized carbons (Fsp3) is 0.158. The highest BCUT2D eigenvalue weighted by Gasteiger charge is 2.15. The normalized spacial score (nSPS) is 17.8. The summed E-state index contributed by atoms with van der Waals surface area (Å²) in [7, 11) is 0. The second kappa shape index (κ2) is 3.96.